The van der Waals surface area contributed by atoms with Gasteiger partial charge >= 0.3 is 0 Å². The molecule has 0 fully saturated rings. The number of benzene rings is 2. The third kappa shape index (κ3) is 3.36. The third-order valence-corrected chi connectivity index (χ3v) is 4.07. The molecule has 0 aliphatic heterocycles. The van der Waals surface area contributed by atoms with E-state index in [4.69, 9.17) is 46.4 Å². The Morgan fingerprint density at radius 1 is 0.947 bits per heavy atom. The molecule has 0 saturated carbocycles. The second-order valence-corrected chi connectivity index (χ2v) is 5.73. The quantitative estimate of drug-likeness (QED) is 0.769. The van der Waals surface area contributed by atoms with Crippen LogP contribution in [-0.4, -0.2) is 7.05 Å². The fraction of sp³-hybridized carbons (Fsp3) is 0.143. The monoisotopic (exact) mass is 333 g/mol. The molecule has 5 heteroatoms. The Labute approximate surface area is 132 Å². The molecule has 2 aromatic carbocycles. The van der Waals surface area contributed by atoms with Crippen molar-refractivity contribution in [1.82, 2.24) is 5.32 Å². The Hall–Kier alpha value is -0.440. The van der Waals surface area contributed by atoms with Crippen molar-refractivity contribution in [2.45, 2.75) is 6.04 Å². The van der Waals surface area contributed by atoms with Gasteiger partial charge in [-0.05, 0) is 42.4 Å². The van der Waals surface area contributed by atoms with Gasteiger partial charge in [0.15, 0.2) is 0 Å². The summed E-state index contributed by atoms with van der Waals surface area (Å²) in [5.41, 5.74) is 1.82. The van der Waals surface area contributed by atoms with Crippen molar-refractivity contribution >= 4 is 46.4 Å². The lowest BCUT2D eigenvalue weighted by Crippen LogP contribution is -2.18. The van der Waals surface area contributed by atoms with Crippen molar-refractivity contribution in [1.29, 1.82) is 0 Å². The van der Waals surface area contributed by atoms with E-state index in [0.29, 0.717) is 20.1 Å². The van der Waals surface area contributed by atoms with Gasteiger partial charge in [-0.2, -0.15) is 0 Å². The maximum atomic E-state index is 6.26. The molecule has 1 atom stereocenters. The zero-order valence-corrected chi connectivity index (χ0v) is 13.1. The fourth-order valence-corrected chi connectivity index (χ4v) is 2.95. The van der Waals surface area contributed by atoms with Gasteiger partial charge in [0.25, 0.3) is 0 Å². The average molecular weight is 335 g/mol. The van der Waals surface area contributed by atoms with Crippen LogP contribution in [0.5, 0.6) is 0 Å². The summed E-state index contributed by atoms with van der Waals surface area (Å²) >= 11 is 24.4. The Morgan fingerprint density at radius 3 is 2.16 bits per heavy atom. The highest BCUT2D eigenvalue weighted by Crippen LogP contribution is 2.34. The lowest BCUT2D eigenvalue weighted by molar-refractivity contribution is 0.692. The molecule has 100 valence electrons. The molecule has 0 aromatic heterocycles. The third-order valence-electron chi connectivity index (χ3n) is 2.80. The molecule has 0 radical (unpaired) electrons. The van der Waals surface area contributed by atoms with Crippen LogP contribution < -0.4 is 5.32 Å². The van der Waals surface area contributed by atoms with Crippen LogP contribution in [0.3, 0.4) is 0 Å². The van der Waals surface area contributed by atoms with Crippen LogP contribution in [0.2, 0.25) is 20.1 Å². The summed E-state index contributed by atoms with van der Waals surface area (Å²) in [6.07, 6.45) is 0. The fourth-order valence-electron chi connectivity index (χ4n) is 1.99. The molecule has 2 rings (SSSR count). The summed E-state index contributed by atoms with van der Waals surface area (Å²) in [5.74, 6) is 0. The van der Waals surface area contributed by atoms with E-state index in [1.807, 2.05) is 31.3 Å². The number of hydrogen-bond donors (Lipinski definition) is 1. The molecule has 2 aromatic rings. The Bertz CT molecular complexity index is 578. The van der Waals surface area contributed by atoms with E-state index >= 15 is 0 Å². The van der Waals surface area contributed by atoms with E-state index in [0.717, 1.165) is 11.1 Å². The lowest BCUT2D eigenvalue weighted by atomic mass is 9.99. The molecule has 0 saturated heterocycles. The minimum Gasteiger partial charge on any atom is -0.309 e. The summed E-state index contributed by atoms with van der Waals surface area (Å²) in [4.78, 5) is 0. The van der Waals surface area contributed by atoms with Crippen LogP contribution in [-0.2, 0) is 0 Å². The van der Waals surface area contributed by atoms with Crippen molar-refractivity contribution in [3.63, 3.8) is 0 Å². The van der Waals surface area contributed by atoms with E-state index in [-0.39, 0.29) is 6.04 Å². The highest BCUT2D eigenvalue weighted by Gasteiger charge is 2.17. The van der Waals surface area contributed by atoms with Crippen LogP contribution >= 0.6 is 46.4 Å². The predicted octanol–water partition coefficient (Wildman–Crippen LogP) is 5.61. The van der Waals surface area contributed by atoms with Gasteiger partial charge in [-0.1, -0.05) is 58.5 Å². The molecular formula is C14H11Cl4N. The molecule has 0 spiro atoms. The largest absolute Gasteiger partial charge is 0.309 e. The molecule has 0 bridgehead atoms. The Balaban J connectivity index is 2.53. The second kappa shape index (κ2) is 6.34. The normalized spacial score (nSPS) is 12.5. The van der Waals surface area contributed by atoms with E-state index in [9.17, 15) is 0 Å². The van der Waals surface area contributed by atoms with Crippen molar-refractivity contribution in [2.75, 3.05) is 7.05 Å². The summed E-state index contributed by atoms with van der Waals surface area (Å²) < 4.78 is 0. The molecule has 1 N–H and O–H groups in total. The molecule has 1 nitrogen and oxygen atoms in total. The molecule has 19 heavy (non-hydrogen) atoms. The number of hydrogen-bond acceptors (Lipinski definition) is 1. The summed E-state index contributed by atoms with van der Waals surface area (Å²) in [5, 5.41) is 5.41. The SMILES string of the molecule is CNC(c1cc(Cl)cc(Cl)c1)c1cccc(Cl)c1Cl. The van der Waals surface area contributed by atoms with Gasteiger partial charge in [-0.15, -0.1) is 0 Å². The minimum atomic E-state index is -0.123. The van der Waals surface area contributed by atoms with Gasteiger partial charge < -0.3 is 5.32 Å². The van der Waals surface area contributed by atoms with Gasteiger partial charge in [-0.25, -0.2) is 0 Å². The maximum absolute atomic E-state index is 6.26. The number of nitrogens with one attached hydrogen (secondary N) is 1. The van der Waals surface area contributed by atoms with Gasteiger partial charge in [0.2, 0.25) is 0 Å². The first-order valence-corrected chi connectivity index (χ1v) is 7.11. The molecule has 0 aliphatic rings. The predicted molar refractivity (Wildman–Crippen MR) is 83.8 cm³/mol. The topological polar surface area (TPSA) is 12.0 Å². The maximum Gasteiger partial charge on any atom is 0.0643 e. The Morgan fingerprint density at radius 2 is 1.58 bits per heavy atom. The van der Waals surface area contributed by atoms with Crippen molar-refractivity contribution in [3.05, 3.63) is 67.6 Å². The van der Waals surface area contributed by atoms with Gasteiger partial charge in [0.1, 0.15) is 0 Å². The zero-order valence-electron chi connectivity index (χ0n) is 10.1. The first-order valence-electron chi connectivity index (χ1n) is 5.60. The van der Waals surface area contributed by atoms with E-state index in [2.05, 4.69) is 5.32 Å². The summed E-state index contributed by atoms with van der Waals surface area (Å²) in [6.45, 7) is 0. The van der Waals surface area contributed by atoms with Crippen molar-refractivity contribution in [2.24, 2.45) is 0 Å². The van der Waals surface area contributed by atoms with E-state index in [1.54, 1.807) is 12.1 Å². The summed E-state index contributed by atoms with van der Waals surface area (Å²) in [6, 6.07) is 10.8. The Kier molecular flexibility index (Phi) is 4.99. The molecule has 0 amide bonds. The minimum absolute atomic E-state index is 0.123. The highest BCUT2D eigenvalue weighted by atomic mass is 35.5. The van der Waals surface area contributed by atoms with Gasteiger partial charge in [0, 0.05) is 10.0 Å². The standard InChI is InChI=1S/C14H11Cl4N/c1-19-14(8-5-9(15)7-10(16)6-8)11-3-2-4-12(17)13(11)18/h2-7,14,19H,1H3. The van der Waals surface area contributed by atoms with Crippen LogP contribution in [0.25, 0.3) is 0 Å². The first kappa shape index (κ1) is 15.0. The summed E-state index contributed by atoms with van der Waals surface area (Å²) in [7, 11) is 1.84. The number of halogens is 4. The van der Waals surface area contributed by atoms with E-state index in [1.165, 1.54) is 0 Å². The van der Waals surface area contributed by atoms with Crippen molar-refractivity contribution in [3.8, 4) is 0 Å². The molecular weight excluding hydrogens is 324 g/mol. The highest BCUT2D eigenvalue weighted by molar-refractivity contribution is 6.42. The smallest absolute Gasteiger partial charge is 0.0643 e. The number of rotatable bonds is 3. The van der Waals surface area contributed by atoms with Crippen LogP contribution in [0.1, 0.15) is 17.2 Å². The lowest BCUT2D eigenvalue weighted by Gasteiger charge is -2.19. The molecule has 0 heterocycles. The second-order valence-electron chi connectivity index (χ2n) is 4.07. The molecule has 1 unspecified atom stereocenters. The average Bonchev–Trinajstić information content (AvgIpc) is 2.34. The molecule has 0 aliphatic carbocycles. The first-order chi connectivity index (χ1) is 9.02. The van der Waals surface area contributed by atoms with Crippen LogP contribution in [0.4, 0.5) is 0 Å². The van der Waals surface area contributed by atoms with Gasteiger partial charge in [0.05, 0.1) is 16.1 Å². The zero-order chi connectivity index (χ0) is 14.0. The van der Waals surface area contributed by atoms with Crippen LogP contribution in [0, 0.1) is 0 Å². The van der Waals surface area contributed by atoms with E-state index < -0.39 is 0 Å². The van der Waals surface area contributed by atoms with Gasteiger partial charge in [-0.3, -0.25) is 0 Å². The van der Waals surface area contributed by atoms with Crippen LogP contribution in [0.15, 0.2) is 36.4 Å². The van der Waals surface area contributed by atoms with Crippen molar-refractivity contribution < 1.29 is 0 Å².